The van der Waals surface area contributed by atoms with Crippen molar-refractivity contribution in [1.29, 1.82) is 0 Å². The van der Waals surface area contributed by atoms with Crippen molar-refractivity contribution in [2.24, 2.45) is 0 Å². The van der Waals surface area contributed by atoms with E-state index in [4.69, 9.17) is 23.2 Å². The highest BCUT2D eigenvalue weighted by molar-refractivity contribution is 7.10. The summed E-state index contributed by atoms with van der Waals surface area (Å²) in [4.78, 5) is 18.4. The molecule has 2 aliphatic heterocycles. The van der Waals surface area contributed by atoms with Gasteiger partial charge in [0.1, 0.15) is 0 Å². The molecule has 0 spiro atoms. The molecule has 2 aliphatic rings. The summed E-state index contributed by atoms with van der Waals surface area (Å²) in [6.45, 7) is 3.64. The molecule has 1 saturated heterocycles. The molecular weight excluding hydrogens is 351 g/mol. The van der Waals surface area contributed by atoms with Crippen LogP contribution in [-0.2, 0) is 13.0 Å². The van der Waals surface area contributed by atoms with Crippen molar-refractivity contribution in [2.75, 3.05) is 19.6 Å². The Balaban J connectivity index is 1.39. The summed E-state index contributed by atoms with van der Waals surface area (Å²) in [5.41, 5.74) is 1.99. The van der Waals surface area contributed by atoms with E-state index in [2.05, 4.69) is 16.3 Å². The molecule has 0 aliphatic carbocycles. The number of thiophene rings is 1. The average Bonchev–Trinajstić information content (AvgIpc) is 2.93. The van der Waals surface area contributed by atoms with E-state index in [0.717, 1.165) is 32.6 Å². The molecule has 0 unspecified atom stereocenters. The number of rotatable bonds is 2. The maximum atomic E-state index is 12.5. The van der Waals surface area contributed by atoms with Crippen molar-refractivity contribution in [1.82, 2.24) is 9.80 Å². The van der Waals surface area contributed by atoms with Gasteiger partial charge in [0, 0.05) is 42.1 Å². The zero-order chi connectivity index (χ0) is 16.0. The molecule has 3 heterocycles. The van der Waals surface area contributed by atoms with E-state index in [1.54, 1.807) is 18.2 Å². The van der Waals surface area contributed by atoms with Crippen LogP contribution in [0.15, 0.2) is 29.6 Å². The van der Waals surface area contributed by atoms with Crippen LogP contribution in [0, 0.1) is 0 Å². The first-order valence-corrected chi connectivity index (χ1v) is 9.29. The van der Waals surface area contributed by atoms with Gasteiger partial charge in [-0.15, -0.1) is 11.3 Å². The highest BCUT2D eigenvalue weighted by atomic mass is 35.5. The fourth-order valence-electron chi connectivity index (χ4n) is 3.27. The monoisotopic (exact) mass is 366 g/mol. The first kappa shape index (κ1) is 15.5. The minimum Gasteiger partial charge on any atom is -0.335 e. The molecule has 1 fully saturated rings. The highest BCUT2D eigenvalue weighted by Crippen LogP contribution is 2.29. The summed E-state index contributed by atoms with van der Waals surface area (Å²) in [6.07, 6.45) is 1.13. The van der Waals surface area contributed by atoms with Crippen molar-refractivity contribution in [2.45, 2.75) is 19.0 Å². The second-order valence-corrected chi connectivity index (χ2v) is 7.92. The van der Waals surface area contributed by atoms with E-state index in [0.29, 0.717) is 21.7 Å². The van der Waals surface area contributed by atoms with Gasteiger partial charge >= 0.3 is 0 Å². The van der Waals surface area contributed by atoms with E-state index in [1.165, 1.54) is 10.4 Å². The lowest BCUT2D eigenvalue weighted by Crippen LogP contribution is -2.61. The predicted octanol–water partition coefficient (Wildman–Crippen LogP) is 3.94. The number of fused-ring (bicyclic) bond motifs is 1. The second kappa shape index (κ2) is 6.10. The molecule has 0 atom stereocenters. The third-order valence-electron chi connectivity index (χ3n) is 4.66. The lowest BCUT2D eigenvalue weighted by Gasteiger charge is -2.46. The van der Waals surface area contributed by atoms with E-state index in [1.807, 2.05) is 16.2 Å². The molecule has 0 bridgehead atoms. The zero-order valence-corrected chi connectivity index (χ0v) is 14.8. The Morgan fingerprint density at radius 3 is 2.83 bits per heavy atom. The van der Waals surface area contributed by atoms with Gasteiger partial charge in [-0.05, 0) is 41.6 Å². The van der Waals surface area contributed by atoms with Crippen LogP contribution >= 0.6 is 34.5 Å². The predicted molar refractivity (Wildman–Crippen MR) is 94.6 cm³/mol. The molecule has 3 nitrogen and oxygen atoms in total. The number of benzene rings is 1. The first-order valence-electron chi connectivity index (χ1n) is 7.65. The minimum atomic E-state index is -0.00357. The summed E-state index contributed by atoms with van der Waals surface area (Å²) in [6, 6.07) is 7.72. The molecule has 4 rings (SSSR count). The van der Waals surface area contributed by atoms with E-state index in [-0.39, 0.29) is 5.91 Å². The Hall–Kier alpha value is -1.07. The number of amides is 1. The number of likely N-dealkylation sites (tertiary alicyclic amines) is 1. The van der Waals surface area contributed by atoms with Crippen molar-refractivity contribution >= 4 is 40.4 Å². The third kappa shape index (κ3) is 2.89. The standard InChI is InChI=1S/C17H16Cl2N2OS/c18-12-1-2-14(15(19)7-12)17(22)21-9-13(10-21)20-5-3-16-11(8-20)4-6-23-16/h1-2,4,6-7,13H,3,5,8-10H2. The van der Waals surface area contributed by atoms with Gasteiger partial charge in [0.05, 0.1) is 10.6 Å². The average molecular weight is 367 g/mol. The minimum absolute atomic E-state index is 0.00357. The van der Waals surface area contributed by atoms with Crippen LogP contribution in [0.25, 0.3) is 0 Å². The summed E-state index contributed by atoms with van der Waals surface area (Å²) in [5, 5.41) is 3.15. The van der Waals surface area contributed by atoms with E-state index < -0.39 is 0 Å². The first-order chi connectivity index (χ1) is 11.1. The number of hydrogen-bond donors (Lipinski definition) is 0. The summed E-state index contributed by atoms with van der Waals surface area (Å²) >= 11 is 13.9. The number of carbonyl (C=O) groups is 1. The Labute approximate surface area is 149 Å². The van der Waals surface area contributed by atoms with Gasteiger partial charge in [0.15, 0.2) is 0 Å². The van der Waals surface area contributed by atoms with Gasteiger partial charge in [-0.2, -0.15) is 0 Å². The smallest absolute Gasteiger partial charge is 0.255 e. The highest BCUT2D eigenvalue weighted by Gasteiger charge is 2.36. The Morgan fingerprint density at radius 2 is 2.04 bits per heavy atom. The molecule has 1 amide bonds. The van der Waals surface area contributed by atoms with Gasteiger partial charge in [-0.1, -0.05) is 23.2 Å². The largest absolute Gasteiger partial charge is 0.335 e. The molecule has 0 radical (unpaired) electrons. The molecular formula is C17H16Cl2N2OS. The third-order valence-corrected chi connectivity index (χ3v) is 6.24. The molecule has 0 N–H and O–H groups in total. The Kier molecular flexibility index (Phi) is 4.10. The van der Waals surface area contributed by atoms with Crippen LogP contribution in [-0.4, -0.2) is 41.4 Å². The van der Waals surface area contributed by atoms with Crippen LogP contribution < -0.4 is 0 Å². The number of nitrogens with zero attached hydrogens (tertiary/aromatic N) is 2. The Morgan fingerprint density at radius 1 is 1.22 bits per heavy atom. The molecule has 1 aromatic heterocycles. The normalized spacial score (nSPS) is 18.6. The van der Waals surface area contributed by atoms with Gasteiger partial charge in [0.25, 0.3) is 5.91 Å². The Bertz CT molecular complexity index is 755. The fourth-order valence-corrected chi connectivity index (χ4v) is 4.65. The van der Waals surface area contributed by atoms with Crippen molar-refractivity contribution < 1.29 is 4.79 Å². The molecule has 6 heteroatoms. The molecule has 2 aromatic rings. The fraction of sp³-hybridized carbons (Fsp3) is 0.353. The summed E-state index contributed by atoms with van der Waals surface area (Å²) in [7, 11) is 0. The molecule has 1 aromatic carbocycles. The van der Waals surface area contributed by atoms with Crippen LogP contribution in [0.3, 0.4) is 0 Å². The zero-order valence-electron chi connectivity index (χ0n) is 12.5. The van der Waals surface area contributed by atoms with E-state index >= 15 is 0 Å². The quantitative estimate of drug-likeness (QED) is 0.803. The molecule has 23 heavy (non-hydrogen) atoms. The van der Waals surface area contributed by atoms with E-state index in [9.17, 15) is 4.79 Å². The van der Waals surface area contributed by atoms with Crippen LogP contribution in [0.1, 0.15) is 20.8 Å². The van der Waals surface area contributed by atoms with Crippen molar-refractivity contribution in [3.05, 3.63) is 55.7 Å². The number of carbonyl (C=O) groups excluding carboxylic acids is 1. The summed E-state index contributed by atoms with van der Waals surface area (Å²) in [5.74, 6) is -0.00357. The summed E-state index contributed by atoms with van der Waals surface area (Å²) < 4.78 is 0. The van der Waals surface area contributed by atoms with Crippen LogP contribution in [0.5, 0.6) is 0 Å². The SMILES string of the molecule is O=C(c1ccc(Cl)cc1Cl)N1CC(N2CCc3sccc3C2)C1. The van der Waals surface area contributed by atoms with Gasteiger partial charge < -0.3 is 4.90 Å². The van der Waals surface area contributed by atoms with Gasteiger partial charge in [-0.25, -0.2) is 0 Å². The topological polar surface area (TPSA) is 23.6 Å². The van der Waals surface area contributed by atoms with Crippen LogP contribution in [0.4, 0.5) is 0 Å². The second-order valence-electron chi connectivity index (χ2n) is 6.08. The number of halogens is 2. The van der Waals surface area contributed by atoms with Crippen molar-refractivity contribution in [3.8, 4) is 0 Å². The maximum Gasteiger partial charge on any atom is 0.255 e. The van der Waals surface area contributed by atoms with Gasteiger partial charge in [0.2, 0.25) is 0 Å². The van der Waals surface area contributed by atoms with Crippen molar-refractivity contribution in [3.63, 3.8) is 0 Å². The lowest BCUT2D eigenvalue weighted by atomic mass is 10.0. The van der Waals surface area contributed by atoms with Crippen LogP contribution in [0.2, 0.25) is 10.0 Å². The molecule has 120 valence electrons. The lowest BCUT2D eigenvalue weighted by molar-refractivity contribution is 0.0221. The molecule has 0 saturated carbocycles. The number of hydrogen-bond acceptors (Lipinski definition) is 3. The maximum absolute atomic E-state index is 12.5. The van der Waals surface area contributed by atoms with Gasteiger partial charge in [-0.3, -0.25) is 9.69 Å².